The van der Waals surface area contributed by atoms with Crippen molar-refractivity contribution in [3.8, 4) is 5.75 Å². The summed E-state index contributed by atoms with van der Waals surface area (Å²) >= 11 is 3.34. The van der Waals surface area contributed by atoms with E-state index in [0.29, 0.717) is 17.7 Å². The van der Waals surface area contributed by atoms with E-state index in [4.69, 9.17) is 4.74 Å². The number of ketones is 1. The molecule has 0 spiro atoms. The Labute approximate surface area is 116 Å². The molecule has 0 N–H and O–H groups in total. The van der Waals surface area contributed by atoms with Crippen molar-refractivity contribution in [2.45, 2.75) is 32.0 Å². The summed E-state index contributed by atoms with van der Waals surface area (Å²) in [6, 6.07) is 4.54. The molecule has 0 aromatic heterocycles. The minimum atomic E-state index is -0.441. The molecule has 0 aliphatic heterocycles. The van der Waals surface area contributed by atoms with Gasteiger partial charge in [-0.2, -0.15) is 0 Å². The van der Waals surface area contributed by atoms with Gasteiger partial charge in [-0.3, -0.25) is 4.79 Å². The first-order chi connectivity index (χ1) is 8.25. The molecule has 2 nitrogen and oxygen atoms in total. The smallest absolute Gasteiger partial charge is 0.152 e. The highest BCUT2D eigenvalue weighted by Gasteiger charge is 2.28. The summed E-state index contributed by atoms with van der Waals surface area (Å²) in [6.07, 6.45) is 0.319. The molecule has 1 aromatic carbocycles. The lowest BCUT2D eigenvalue weighted by molar-refractivity contribution is -0.125. The number of carbonyl (C=O) groups is 1. The number of benzene rings is 1. The van der Waals surface area contributed by atoms with E-state index in [0.717, 1.165) is 0 Å². The average Bonchev–Trinajstić information content (AvgIpc) is 2.29. The van der Waals surface area contributed by atoms with Gasteiger partial charge in [0.25, 0.3) is 0 Å². The summed E-state index contributed by atoms with van der Waals surface area (Å²) in [5.41, 5.74) is 0.0394. The van der Waals surface area contributed by atoms with Crippen molar-refractivity contribution in [1.29, 1.82) is 0 Å². The van der Waals surface area contributed by atoms with Crippen LogP contribution >= 0.6 is 15.9 Å². The van der Waals surface area contributed by atoms with Gasteiger partial charge < -0.3 is 4.74 Å². The molecular formula is C14H18BrFO2. The van der Waals surface area contributed by atoms with E-state index in [1.165, 1.54) is 13.2 Å². The van der Waals surface area contributed by atoms with Crippen molar-refractivity contribution in [3.05, 3.63) is 29.6 Å². The normalized spacial score (nSPS) is 13.2. The van der Waals surface area contributed by atoms with E-state index < -0.39 is 5.41 Å². The quantitative estimate of drug-likeness (QED) is 0.791. The first kappa shape index (κ1) is 15.2. The molecule has 18 heavy (non-hydrogen) atoms. The molecule has 4 heteroatoms. The van der Waals surface area contributed by atoms with Gasteiger partial charge in [0.2, 0.25) is 0 Å². The Morgan fingerprint density at radius 2 is 2.06 bits per heavy atom. The van der Waals surface area contributed by atoms with Crippen molar-refractivity contribution in [2.75, 3.05) is 7.11 Å². The number of rotatable bonds is 4. The molecule has 0 bridgehead atoms. The zero-order valence-corrected chi connectivity index (χ0v) is 12.7. The van der Waals surface area contributed by atoms with Crippen molar-refractivity contribution < 1.29 is 13.9 Å². The fourth-order valence-electron chi connectivity index (χ4n) is 1.59. The first-order valence-electron chi connectivity index (χ1n) is 5.76. The topological polar surface area (TPSA) is 26.3 Å². The van der Waals surface area contributed by atoms with Crippen LogP contribution in [0, 0.1) is 11.2 Å². The van der Waals surface area contributed by atoms with Crippen molar-refractivity contribution >= 4 is 21.7 Å². The van der Waals surface area contributed by atoms with Crippen LogP contribution in [0.3, 0.4) is 0 Å². The number of halogens is 2. The molecule has 0 aliphatic rings. The van der Waals surface area contributed by atoms with Gasteiger partial charge in [-0.1, -0.05) is 36.7 Å². The number of hydrogen-bond acceptors (Lipinski definition) is 2. The van der Waals surface area contributed by atoms with E-state index in [-0.39, 0.29) is 16.4 Å². The highest BCUT2D eigenvalue weighted by atomic mass is 79.9. The number of Topliss-reactive ketones (excluding diaryl/α,β-unsaturated/α-hetero) is 1. The monoisotopic (exact) mass is 316 g/mol. The Bertz CT molecular complexity index is 438. The molecular weight excluding hydrogens is 299 g/mol. The van der Waals surface area contributed by atoms with Crippen LogP contribution in [0.4, 0.5) is 4.39 Å². The summed E-state index contributed by atoms with van der Waals surface area (Å²) in [7, 11) is 1.53. The second kappa shape index (κ2) is 5.83. The fraction of sp³-hybridized carbons (Fsp3) is 0.500. The second-order valence-electron chi connectivity index (χ2n) is 5.24. The minimum absolute atomic E-state index is 0.0599. The van der Waals surface area contributed by atoms with Gasteiger partial charge in [0.05, 0.1) is 11.9 Å². The zero-order chi connectivity index (χ0) is 13.9. The van der Waals surface area contributed by atoms with Crippen LogP contribution in [0.1, 0.15) is 26.3 Å². The molecule has 0 fully saturated rings. The van der Waals surface area contributed by atoms with E-state index in [9.17, 15) is 9.18 Å². The summed E-state index contributed by atoms with van der Waals surface area (Å²) in [4.78, 5) is 11.6. The van der Waals surface area contributed by atoms with E-state index >= 15 is 0 Å². The number of alkyl halides is 1. The Morgan fingerprint density at radius 1 is 1.44 bits per heavy atom. The number of carbonyl (C=O) groups excluding carboxylic acids is 1. The van der Waals surface area contributed by atoms with Gasteiger partial charge in [-0.05, 0) is 30.2 Å². The van der Waals surface area contributed by atoms with Crippen LogP contribution in [-0.2, 0) is 11.2 Å². The zero-order valence-electron chi connectivity index (χ0n) is 11.1. The minimum Gasteiger partial charge on any atom is -0.497 e. The van der Waals surface area contributed by atoms with Gasteiger partial charge in [-0.25, -0.2) is 4.39 Å². The molecule has 1 unspecified atom stereocenters. The first-order valence-corrected chi connectivity index (χ1v) is 6.68. The Hall–Kier alpha value is -0.900. The largest absolute Gasteiger partial charge is 0.497 e. The molecule has 100 valence electrons. The summed E-state index contributed by atoms with van der Waals surface area (Å²) in [5.74, 6) is 0.334. The molecule has 0 saturated heterocycles. The van der Waals surface area contributed by atoms with E-state index in [1.54, 1.807) is 12.1 Å². The fourth-order valence-corrected chi connectivity index (χ4v) is 2.63. The molecule has 0 radical (unpaired) electrons. The van der Waals surface area contributed by atoms with Gasteiger partial charge in [0, 0.05) is 5.41 Å². The third-order valence-corrected chi connectivity index (χ3v) is 3.42. The molecule has 0 saturated carbocycles. The predicted molar refractivity (Wildman–Crippen MR) is 73.8 cm³/mol. The third-order valence-electron chi connectivity index (χ3n) is 2.68. The third kappa shape index (κ3) is 3.80. The van der Waals surface area contributed by atoms with Crippen LogP contribution in [0.5, 0.6) is 5.75 Å². The molecule has 1 atom stereocenters. The van der Waals surface area contributed by atoms with Gasteiger partial charge >= 0.3 is 0 Å². The molecule has 0 amide bonds. The van der Waals surface area contributed by atoms with Crippen LogP contribution in [-0.4, -0.2) is 17.7 Å². The Kier molecular flexibility index (Phi) is 4.91. The molecule has 0 aliphatic carbocycles. The van der Waals surface area contributed by atoms with Crippen LogP contribution in [0.25, 0.3) is 0 Å². The van der Waals surface area contributed by atoms with Crippen LogP contribution in [0.15, 0.2) is 18.2 Å². The Balaban J connectivity index is 2.88. The standard InChI is InChI=1S/C14H18BrFO2/c1-14(2,3)13(17)11(15)8-9-7-10(18-4)5-6-12(9)16/h5-7,11H,8H2,1-4H3. The summed E-state index contributed by atoms with van der Waals surface area (Å²) < 4.78 is 18.7. The van der Waals surface area contributed by atoms with Crippen LogP contribution in [0.2, 0.25) is 0 Å². The summed E-state index contributed by atoms with van der Waals surface area (Å²) in [6.45, 7) is 5.56. The number of ether oxygens (including phenoxy) is 1. The Morgan fingerprint density at radius 3 is 2.56 bits per heavy atom. The van der Waals surface area contributed by atoms with E-state index in [1.807, 2.05) is 20.8 Å². The van der Waals surface area contributed by atoms with Gasteiger partial charge in [0.1, 0.15) is 11.6 Å². The number of hydrogen-bond donors (Lipinski definition) is 0. The lowest BCUT2D eigenvalue weighted by atomic mass is 9.87. The van der Waals surface area contributed by atoms with Gasteiger partial charge in [0.15, 0.2) is 5.78 Å². The lowest BCUT2D eigenvalue weighted by Gasteiger charge is -2.21. The second-order valence-corrected chi connectivity index (χ2v) is 6.35. The maximum absolute atomic E-state index is 13.6. The highest BCUT2D eigenvalue weighted by molar-refractivity contribution is 9.10. The maximum atomic E-state index is 13.6. The van der Waals surface area contributed by atoms with Crippen molar-refractivity contribution in [1.82, 2.24) is 0 Å². The molecule has 1 rings (SSSR count). The highest BCUT2D eigenvalue weighted by Crippen LogP contribution is 2.25. The number of methoxy groups -OCH3 is 1. The molecule has 0 heterocycles. The van der Waals surface area contributed by atoms with Crippen molar-refractivity contribution in [2.24, 2.45) is 5.41 Å². The summed E-state index contributed by atoms with van der Waals surface area (Å²) in [5, 5.41) is 0. The lowest BCUT2D eigenvalue weighted by Crippen LogP contribution is -2.30. The maximum Gasteiger partial charge on any atom is 0.152 e. The SMILES string of the molecule is COc1ccc(F)c(CC(Br)C(=O)C(C)(C)C)c1. The molecule has 1 aromatic rings. The average molecular weight is 317 g/mol. The van der Waals surface area contributed by atoms with E-state index in [2.05, 4.69) is 15.9 Å². The predicted octanol–water partition coefficient (Wildman–Crippen LogP) is 3.76. The van der Waals surface area contributed by atoms with Gasteiger partial charge in [-0.15, -0.1) is 0 Å². The van der Waals surface area contributed by atoms with Crippen molar-refractivity contribution in [3.63, 3.8) is 0 Å². The van der Waals surface area contributed by atoms with Crippen LogP contribution < -0.4 is 4.74 Å².